The number of hydrogen-bond donors (Lipinski definition) is 2. The molecule has 3 fully saturated rings. The second-order valence-electron chi connectivity index (χ2n) is 7.07. The predicted molar refractivity (Wildman–Crippen MR) is 76.2 cm³/mol. The third-order valence-electron chi connectivity index (χ3n) is 5.63. The Kier molecular flexibility index (Phi) is 4.16. The molecule has 0 amide bonds. The van der Waals surface area contributed by atoms with Gasteiger partial charge in [-0.2, -0.15) is 0 Å². The minimum Gasteiger partial charge on any atom is -0.394 e. The van der Waals surface area contributed by atoms with Crippen molar-refractivity contribution in [3.63, 3.8) is 0 Å². The summed E-state index contributed by atoms with van der Waals surface area (Å²) in [6.07, 6.45) is 13.6. The van der Waals surface area contributed by atoms with Gasteiger partial charge in [-0.05, 0) is 38.5 Å². The fourth-order valence-corrected chi connectivity index (χ4v) is 4.53. The molecule has 3 aliphatic rings. The molecule has 0 aromatic heterocycles. The quantitative estimate of drug-likeness (QED) is 0.826. The van der Waals surface area contributed by atoms with Crippen LogP contribution in [0, 0.1) is 0 Å². The van der Waals surface area contributed by atoms with Crippen LogP contribution in [-0.2, 0) is 4.74 Å². The Morgan fingerprint density at radius 3 is 2.37 bits per heavy atom. The topological polar surface area (TPSA) is 41.5 Å². The molecular weight excluding hydrogens is 238 g/mol. The summed E-state index contributed by atoms with van der Waals surface area (Å²) in [6, 6.07) is 0.553. The molecule has 19 heavy (non-hydrogen) atoms. The summed E-state index contributed by atoms with van der Waals surface area (Å²) in [5.74, 6) is 0. The van der Waals surface area contributed by atoms with Gasteiger partial charge in [-0.3, -0.25) is 0 Å². The zero-order valence-corrected chi connectivity index (χ0v) is 12.1. The van der Waals surface area contributed by atoms with Crippen LogP contribution in [0.2, 0.25) is 0 Å². The van der Waals surface area contributed by atoms with Crippen LogP contribution in [0.3, 0.4) is 0 Å². The number of rotatable bonds is 3. The number of aliphatic hydroxyl groups excluding tert-OH is 1. The molecule has 3 nitrogen and oxygen atoms in total. The first-order valence-electron chi connectivity index (χ1n) is 8.29. The molecule has 1 atom stereocenters. The van der Waals surface area contributed by atoms with E-state index in [-0.39, 0.29) is 11.1 Å². The average Bonchev–Trinajstić information content (AvgIpc) is 2.89. The van der Waals surface area contributed by atoms with Crippen molar-refractivity contribution in [2.45, 2.75) is 87.8 Å². The van der Waals surface area contributed by atoms with Crippen molar-refractivity contribution in [3.05, 3.63) is 0 Å². The van der Waals surface area contributed by atoms with Crippen LogP contribution >= 0.6 is 0 Å². The minimum atomic E-state index is 0.0257. The van der Waals surface area contributed by atoms with E-state index >= 15 is 0 Å². The van der Waals surface area contributed by atoms with Crippen LogP contribution < -0.4 is 5.32 Å². The predicted octanol–water partition coefficient (Wildman–Crippen LogP) is 2.76. The Labute approximate surface area is 117 Å². The van der Waals surface area contributed by atoms with Gasteiger partial charge in [0, 0.05) is 18.2 Å². The van der Waals surface area contributed by atoms with Gasteiger partial charge in [0.15, 0.2) is 0 Å². The minimum absolute atomic E-state index is 0.0257. The second kappa shape index (κ2) is 5.71. The van der Waals surface area contributed by atoms with E-state index in [1.165, 1.54) is 44.9 Å². The highest BCUT2D eigenvalue weighted by molar-refractivity contribution is 4.98. The van der Waals surface area contributed by atoms with Gasteiger partial charge in [0.1, 0.15) is 0 Å². The Morgan fingerprint density at radius 1 is 1.00 bits per heavy atom. The van der Waals surface area contributed by atoms with Crippen LogP contribution in [-0.4, -0.2) is 35.5 Å². The molecule has 0 aromatic rings. The first kappa shape index (κ1) is 13.8. The maximum atomic E-state index is 9.76. The highest BCUT2D eigenvalue weighted by Gasteiger charge is 2.42. The Bertz CT molecular complexity index is 288. The Balaban J connectivity index is 1.61. The molecule has 3 heteroatoms. The third kappa shape index (κ3) is 2.98. The van der Waals surface area contributed by atoms with Gasteiger partial charge in [0.05, 0.1) is 12.2 Å². The normalized spacial score (nSPS) is 33.6. The summed E-state index contributed by atoms with van der Waals surface area (Å²) in [6.45, 7) is 1.20. The summed E-state index contributed by atoms with van der Waals surface area (Å²) in [5, 5.41) is 13.6. The number of aliphatic hydroxyl groups is 1. The van der Waals surface area contributed by atoms with Crippen molar-refractivity contribution < 1.29 is 9.84 Å². The summed E-state index contributed by atoms with van der Waals surface area (Å²) in [4.78, 5) is 0. The maximum Gasteiger partial charge on any atom is 0.0697 e. The number of ether oxygens (including phenoxy) is 1. The fraction of sp³-hybridized carbons (Fsp3) is 1.00. The zero-order chi connectivity index (χ0) is 13.2. The molecule has 0 radical (unpaired) electrons. The second-order valence-corrected chi connectivity index (χ2v) is 7.07. The number of nitrogens with one attached hydrogen (secondary N) is 1. The van der Waals surface area contributed by atoms with Crippen molar-refractivity contribution in [1.29, 1.82) is 0 Å². The van der Waals surface area contributed by atoms with E-state index in [0.717, 1.165) is 32.3 Å². The van der Waals surface area contributed by atoms with Gasteiger partial charge in [-0.1, -0.05) is 32.1 Å². The van der Waals surface area contributed by atoms with Gasteiger partial charge in [-0.25, -0.2) is 0 Å². The molecule has 2 aliphatic carbocycles. The molecule has 0 bridgehead atoms. The average molecular weight is 267 g/mol. The summed E-state index contributed by atoms with van der Waals surface area (Å²) in [5.41, 5.74) is 0.196. The third-order valence-corrected chi connectivity index (χ3v) is 5.63. The Morgan fingerprint density at radius 2 is 1.68 bits per heavy atom. The van der Waals surface area contributed by atoms with Gasteiger partial charge in [0.2, 0.25) is 0 Å². The lowest BCUT2D eigenvalue weighted by Crippen LogP contribution is -2.56. The zero-order valence-electron chi connectivity index (χ0n) is 12.1. The monoisotopic (exact) mass is 267 g/mol. The Hall–Kier alpha value is -0.120. The van der Waals surface area contributed by atoms with Crippen molar-refractivity contribution in [3.8, 4) is 0 Å². The lowest BCUT2D eigenvalue weighted by atomic mass is 9.77. The molecule has 2 saturated carbocycles. The van der Waals surface area contributed by atoms with Crippen molar-refractivity contribution in [1.82, 2.24) is 5.32 Å². The number of hydrogen-bond acceptors (Lipinski definition) is 3. The van der Waals surface area contributed by atoms with E-state index in [0.29, 0.717) is 12.6 Å². The molecule has 110 valence electrons. The summed E-state index contributed by atoms with van der Waals surface area (Å²) >= 11 is 0. The molecule has 1 unspecified atom stereocenters. The van der Waals surface area contributed by atoms with Crippen LogP contribution in [0.25, 0.3) is 0 Å². The summed E-state index contributed by atoms with van der Waals surface area (Å²) < 4.78 is 6.17. The maximum absolute atomic E-state index is 9.76. The van der Waals surface area contributed by atoms with E-state index in [9.17, 15) is 5.11 Å². The van der Waals surface area contributed by atoms with Crippen LogP contribution in [0.5, 0.6) is 0 Å². The largest absolute Gasteiger partial charge is 0.394 e. The first-order valence-corrected chi connectivity index (χ1v) is 8.29. The smallest absolute Gasteiger partial charge is 0.0697 e. The summed E-state index contributed by atoms with van der Waals surface area (Å²) in [7, 11) is 0. The molecule has 1 spiro atoms. The van der Waals surface area contributed by atoms with Crippen molar-refractivity contribution in [2.75, 3.05) is 13.2 Å². The molecule has 3 rings (SSSR count). The van der Waals surface area contributed by atoms with Crippen LogP contribution in [0.15, 0.2) is 0 Å². The van der Waals surface area contributed by atoms with Gasteiger partial charge >= 0.3 is 0 Å². The van der Waals surface area contributed by atoms with E-state index in [1.54, 1.807) is 0 Å². The molecule has 2 N–H and O–H groups in total. The van der Waals surface area contributed by atoms with E-state index in [4.69, 9.17) is 4.74 Å². The van der Waals surface area contributed by atoms with E-state index in [1.807, 2.05) is 0 Å². The van der Waals surface area contributed by atoms with E-state index < -0.39 is 0 Å². The van der Waals surface area contributed by atoms with Crippen LogP contribution in [0.4, 0.5) is 0 Å². The molecule has 1 saturated heterocycles. The first-order chi connectivity index (χ1) is 9.26. The molecule has 1 heterocycles. The van der Waals surface area contributed by atoms with E-state index in [2.05, 4.69) is 5.32 Å². The molecule has 0 aromatic carbocycles. The standard InChI is InChI=1S/C16H29NO2/c18-13-15(7-4-5-8-15)17-14-6-11-19-16(12-14)9-2-1-3-10-16/h14,17-18H,1-13H2. The highest BCUT2D eigenvalue weighted by Crippen LogP contribution is 2.40. The van der Waals surface area contributed by atoms with Crippen molar-refractivity contribution >= 4 is 0 Å². The van der Waals surface area contributed by atoms with Gasteiger partial charge in [-0.15, -0.1) is 0 Å². The highest BCUT2D eigenvalue weighted by atomic mass is 16.5. The SMILES string of the molecule is OCC1(NC2CCOC3(CCCCC3)C2)CCCC1. The molecule has 1 aliphatic heterocycles. The van der Waals surface area contributed by atoms with Crippen molar-refractivity contribution in [2.24, 2.45) is 0 Å². The van der Waals surface area contributed by atoms with Gasteiger partial charge in [0.25, 0.3) is 0 Å². The lowest BCUT2D eigenvalue weighted by Gasteiger charge is -2.46. The fourth-order valence-electron chi connectivity index (χ4n) is 4.53. The molecular formula is C16H29NO2. The van der Waals surface area contributed by atoms with Gasteiger partial charge < -0.3 is 15.2 Å². The van der Waals surface area contributed by atoms with Crippen LogP contribution in [0.1, 0.15) is 70.6 Å². The lowest BCUT2D eigenvalue weighted by molar-refractivity contribution is -0.112.